The molecule has 8 nitrogen and oxygen atoms in total. The second kappa shape index (κ2) is 9.61. The number of thioether (sulfide) groups is 1. The van der Waals surface area contributed by atoms with Gasteiger partial charge in [0.25, 0.3) is 0 Å². The van der Waals surface area contributed by atoms with Crippen molar-refractivity contribution in [2.75, 3.05) is 36.2 Å². The SMILES string of the molecule is COC(=O)c1ccc(NC(=O)CSc2ncnc3nc(N4CCC[C@@H](C)C4)sc23)cc1. The number of methoxy groups -OCH3 is 1. The van der Waals surface area contributed by atoms with Crippen molar-refractivity contribution in [3.63, 3.8) is 0 Å². The maximum atomic E-state index is 12.4. The molecule has 0 bridgehead atoms. The van der Waals surface area contributed by atoms with Gasteiger partial charge in [0.1, 0.15) is 16.1 Å². The van der Waals surface area contributed by atoms with Crippen LogP contribution in [0.1, 0.15) is 30.1 Å². The topological polar surface area (TPSA) is 97.3 Å². The average molecular weight is 458 g/mol. The Morgan fingerprint density at radius 3 is 2.84 bits per heavy atom. The van der Waals surface area contributed by atoms with E-state index in [1.54, 1.807) is 35.6 Å². The number of rotatable bonds is 6. The van der Waals surface area contributed by atoms with Gasteiger partial charge in [0.15, 0.2) is 10.8 Å². The highest BCUT2D eigenvalue weighted by Crippen LogP contribution is 2.35. The number of aromatic nitrogens is 3. The Kier molecular flexibility index (Phi) is 6.67. The molecule has 1 amide bonds. The smallest absolute Gasteiger partial charge is 0.337 e. The maximum absolute atomic E-state index is 12.4. The van der Waals surface area contributed by atoms with Crippen LogP contribution in [-0.2, 0) is 9.53 Å². The second-order valence-electron chi connectivity index (χ2n) is 7.43. The number of fused-ring (bicyclic) bond motifs is 1. The van der Waals surface area contributed by atoms with Crippen LogP contribution in [0.5, 0.6) is 0 Å². The summed E-state index contributed by atoms with van der Waals surface area (Å²) in [4.78, 5) is 39.6. The van der Waals surface area contributed by atoms with Gasteiger partial charge in [-0.25, -0.2) is 14.8 Å². The van der Waals surface area contributed by atoms with Gasteiger partial charge in [-0.3, -0.25) is 4.79 Å². The zero-order valence-electron chi connectivity index (χ0n) is 17.3. The van der Waals surface area contributed by atoms with Crippen LogP contribution in [0, 0.1) is 5.92 Å². The largest absolute Gasteiger partial charge is 0.465 e. The predicted octanol–water partition coefficient (Wildman–Crippen LogP) is 3.84. The van der Waals surface area contributed by atoms with Crippen molar-refractivity contribution in [3.05, 3.63) is 36.2 Å². The van der Waals surface area contributed by atoms with Crippen molar-refractivity contribution < 1.29 is 14.3 Å². The Morgan fingerprint density at radius 2 is 2.10 bits per heavy atom. The number of carbonyl (C=O) groups excluding carboxylic acids is 2. The summed E-state index contributed by atoms with van der Waals surface area (Å²) in [6.07, 6.45) is 3.92. The minimum absolute atomic E-state index is 0.155. The standard InChI is InChI=1S/C21H23N5O3S2/c1-13-4-3-9-26(10-13)21-25-18-17(31-21)19(23-12-22-18)30-11-16(27)24-15-7-5-14(6-8-15)20(28)29-2/h5-8,12-13H,3-4,9-11H2,1-2H3,(H,24,27)/t13-/m1/s1. The average Bonchev–Trinajstić information content (AvgIpc) is 3.23. The molecule has 3 heterocycles. The highest BCUT2D eigenvalue weighted by Gasteiger charge is 2.21. The molecule has 1 atom stereocenters. The number of ether oxygens (including phenoxy) is 1. The first-order chi connectivity index (χ1) is 15.0. The molecular formula is C21H23N5O3S2. The molecule has 31 heavy (non-hydrogen) atoms. The summed E-state index contributed by atoms with van der Waals surface area (Å²) >= 11 is 2.95. The van der Waals surface area contributed by atoms with Crippen molar-refractivity contribution in [2.24, 2.45) is 5.92 Å². The molecule has 1 N–H and O–H groups in total. The van der Waals surface area contributed by atoms with Crippen molar-refractivity contribution in [3.8, 4) is 0 Å². The molecule has 0 radical (unpaired) electrons. The lowest BCUT2D eigenvalue weighted by molar-refractivity contribution is -0.113. The van der Waals surface area contributed by atoms with E-state index in [4.69, 9.17) is 4.98 Å². The summed E-state index contributed by atoms with van der Waals surface area (Å²) < 4.78 is 5.59. The van der Waals surface area contributed by atoms with Crippen molar-refractivity contribution >= 4 is 56.1 Å². The third-order valence-electron chi connectivity index (χ3n) is 5.00. The minimum atomic E-state index is -0.413. The number of benzene rings is 1. The van der Waals surface area contributed by atoms with E-state index in [2.05, 4.69) is 31.8 Å². The summed E-state index contributed by atoms with van der Waals surface area (Å²) in [5.74, 6) is 0.297. The number of piperidine rings is 1. The lowest BCUT2D eigenvalue weighted by Crippen LogP contribution is -2.34. The molecule has 162 valence electrons. The molecule has 0 unspecified atom stereocenters. The van der Waals surface area contributed by atoms with Gasteiger partial charge in [-0.1, -0.05) is 30.0 Å². The summed E-state index contributed by atoms with van der Waals surface area (Å²) in [6, 6.07) is 6.57. The monoisotopic (exact) mass is 457 g/mol. The van der Waals surface area contributed by atoms with E-state index >= 15 is 0 Å². The van der Waals surface area contributed by atoms with E-state index in [1.807, 2.05) is 0 Å². The number of hydrogen-bond acceptors (Lipinski definition) is 9. The highest BCUT2D eigenvalue weighted by atomic mass is 32.2. The summed E-state index contributed by atoms with van der Waals surface area (Å²) in [5, 5.41) is 4.56. The molecule has 1 saturated heterocycles. The van der Waals surface area contributed by atoms with Crippen LogP contribution in [0.4, 0.5) is 10.8 Å². The van der Waals surface area contributed by atoms with Gasteiger partial charge in [0, 0.05) is 18.8 Å². The van der Waals surface area contributed by atoms with E-state index < -0.39 is 5.97 Å². The Balaban J connectivity index is 1.40. The summed E-state index contributed by atoms with van der Waals surface area (Å²) in [7, 11) is 1.33. The van der Waals surface area contributed by atoms with Gasteiger partial charge in [0.05, 0.1) is 18.4 Å². The van der Waals surface area contributed by atoms with Crippen molar-refractivity contribution in [1.82, 2.24) is 15.0 Å². The number of thiazole rings is 1. The first kappa shape index (κ1) is 21.5. The fourth-order valence-electron chi connectivity index (χ4n) is 3.46. The molecule has 10 heteroatoms. The van der Waals surface area contributed by atoms with Gasteiger partial charge >= 0.3 is 5.97 Å². The molecule has 3 aromatic rings. The predicted molar refractivity (Wildman–Crippen MR) is 123 cm³/mol. The highest BCUT2D eigenvalue weighted by molar-refractivity contribution is 8.00. The molecule has 1 aliphatic rings. The van der Waals surface area contributed by atoms with Crippen LogP contribution in [0.3, 0.4) is 0 Å². The van der Waals surface area contributed by atoms with Gasteiger partial charge in [-0.2, -0.15) is 4.98 Å². The van der Waals surface area contributed by atoms with Crippen molar-refractivity contribution in [1.29, 1.82) is 0 Å². The Morgan fingerprint density at radius 1 is 1.29 bits per heavy atom. The number of amides is 1. The van der Waals surface area contributed by atoms with Crippen LogP contribution in [-0.4, -0.2) is 52.8 Å². The van der Waals surface area contributed by atoms with E-state index in [-0.39, 0.29) is 11.7 Å². The molecule has 1 fully saturated rings. The summed E-state index contributed by atoms with van der Waals surface area (Å²) in [6.45, 7) is 4.28. The van der Waals surface area contributed by atoms with E-state index in [0.29, 0.717) is 22.8 Å². The molecule has 4 rings (SSSR count). The Labute approximate surface area is 188 Å². The molecule has 0 aliphatic carbocycles. The third kappa shape index (κ3) is 5.13. The van der Waals surface area contributed by atoms with Crippen LogP contribution in [0.25, 0.3) is 10.3 Å². The maximum Gasteiger partial charge on any atom is 0.337 e. The van der Waals surface area contributed by atoms with Crippen molar-refractivity contribution in [2.45, 2.75) is 24.8 Å². The zero-order valence-corrected chi connectivity index (χ0v) is 19.0. The van der Waals surface area contributed by atoms with Crippen LogP contribution in [0.2, 0.25) is 0 Å². The normalized spacial score (nSPS) is 16.3. The van der Waals surface area contributed by atoms with Gasteiger partial charge in [-0.15, -0.1) is 0 Å². The quantitative estimate of drug-likeness (QED) is 0.339. The fourth-order valence-corrected chi connectivity index (χ4v) is 5.39. The molecule has 0 saturated carbocycles. The lowest BCUT2D eigenvalue weighted by Gasteiger charge is -2.30. The molecule has 2 aromatic heterocycles. The number of nitrogens with zero attached hydrogens (tertiary/aromatic N) is 4. The third-order valence-corrected chi connectivity index (χ3v) is 7.24. The Hall–Kier alpha value is -2.72. The molecule has 1 aromatic carbocycles. The number of nitrogens with one attached hydrogen (secondary N) is 1. The molecule has 1 aliphatic heterocycles. The first-order valence-electron chi connectivity index (χ1n) is 10.0. The van der Waals surface area contributed by atoms with Gasteiger partial charge in [-0.05, 0) is 43.0 Å². The van der Waals surface area contributed by atoms with Crippen LogP contribution in [0.15, 0.2) is 35.6 Å². The molecular weight excluding hydrogens is 434 g/mol. The van der Waals surface area contributed by atoms with E-state index in [9.17, 15) is 9.59 Å². The number of hydrogen-bond donors (Lipinski definition) is 1. The first-order valence-corrected chi connectivity index (χ1v) is 11.8. The minimum Gasteiger partial charge on any atom is -0.465 e. The summed E-state index contributed by atoms with van der Waals surface area (Å²) in [5.41, 5.74) is 1.72. The lowest BCUT2D eigenvalue weighted by atomic mass is 10.0. The van der Waals surface area contributed by atoms with E-state index in [1.165, 1.54) is 38.0 Å². The van der Waals surface area contributed by atoms with E-state index in [0.717, 1.165) is 27.9 Å². The molecule has 0 spiro atoms. The number of esters is 1. The number of anilines is 2. The van der Waals surface area contributed by atoms with Crippen LogP contribution >= 0.6 is 23.1 Å². The zero-order chi connectivity index (χ0) is 21.8. The van der Waals surface area contributed by atoms with Crippen LogP contribution < -0.4 is 10.2 Å². The second-order valence-corrected chi connectivity index (χ2v) is 9.37. The Bertz CT molecular complexity index is 1090. The van der Waals surface area contributed by atoms with Gasteiger partial charge in [0.2, 0.25) is 5.91 Å². The van der Waals surface area contributed by atoms with Gasteiger partial charge < -0.3 is 15.0 Å². The number of carbonyl (C=O) groups is 2. The fraction of sp³-hybridized carbons (Fsp3) is 0.381.